The Morgan fingerprint density at radius 1 is 1.07 bits per heavy atom. The number of ketones is 1. The number of methoxy groups -OCH3 is 1. The van der Waals surface area contributed by atoms with Gasteiger partial charge in [0.05, 0.1) is 12.7 Å². The highest BCUT2D eigenvalue weighted by Gasteiger charge is 2.38. The molecule has 0 saturated carbocycles. The van der Waals surface area contributed by atoms with E-state index in [1.807, 2.05) is 31.2 Å². The van der Waals surface area contributed by atoms with E-state index in [4.69, 9.17) is 4.74 Å². The number of halogens is 2. The van der Waals surface area contributed by atoms with Crippen molar-refractivity contribution in [3.8, 4) is 5.75 Å². The summed E-state index contributed by atoms with van der Waals surface area (Å²) in [5.41, 5.74) is 3.48. The number of nitrogens with zero attached hydrogens (tertiary/aromatic N) is 3. The van der Waals surface area contributed by atoms with Gasteiger partial charge in [-0.15, -0.1) is 0 Å². The third kappa shape index (κ3) is 5.80. The number of urea groups is 1. The molecule has 1 aromatic carbocycles. The van der Waals surface area contributed by atoms with Crippen LogP contribution in [0.4, 0.5) is 13.6 Å². The first kappa shape index (κ1) is 29.8. The molecule has 0 spiro atoms. The van der Waals surface area contributed by atoms with Crippen molar-refractivity contribution in [2.45, 2.75) is 71.3 Å². The van der Waals surface area contributed by atoms with Crippen molar-refractivity contribution in [2.24, 2.45) is 5.92 Å². The lowest BCUT2D eigenvalue weighted by atomic mass is 9.90. The van der Waals surface area contributed by atoms with Crippen molar-refractivity contribution in [1.29, 1.82) is 0 Å². The molecule has 42 heavy (non-hydrogen) atoms. The maximum atomic E-state index is 13.7. The molecule has 8 nitrogen and oxygen atoms in total. The second-order valence-electron chi connectivity index (χ2n) is 11.8. The fourth-order valence-electron chi connectivity index (χ4n) is 6.75. The van der Waals surface area contributed by atoms with Gasteiger partial charge >= 0.3 is 6.03 Å². The van der Waals surface area contributed by atoms with Gasteiger partial charge in [0.15, 0.2) is 5.78 Å². The number of carbonyl (C=O) groups excluding carboxylic acids is 2. The normalized spacial score (nSPS) is 18.3. The summed E-state index contributed by atoms with van der Waals surface area (Å²) in [6.07, 6.45) is 1.48. The summed E-state index contributed by atoms with van der Waals surface area (Å²) in [6, 6.07) is 9.62. The smallest absolute Gasteiger partial charge is 0.320 e. The minimum atomic E-state index is -2.68. The zero-order chi connectivity index (χ0) is 30.2. The molecule has 1 N–H and O–H groups in total. The maximum Gasteiger partial charge on any atom is 0.320 e. The third-order valence-electron chi connectivity index (χ3n) is 9.15. The summed E-state index contributed by atoms with van der Waals surface area (Å²) < 4.78 is 34.8. The SMILES string of the molecule is COc1cc(C)[nH]c(=O)c1CCC(=O)c1c(C)n([C@H](C)C2CCN(C(=O)N3CCC(F)(F)CC3)CC2)c2ccccc12. The molecule has 226 valence electrons. The Kier molecular flexibility index (Phi) is 8.44. The highest BCUT2D eigenvalue weighted by Crippen LogP contribution is 2.37. The third-order valence-corrected chi connectivity index (χ3v) is 9.15. The van der Waals surface area contributed by atoms with Crippen molar-refractivity contribution in [1.82, 2.24) is 19.4 Å². The first-order valence-corrected chi connectivity index (χ1v) is 14.8. The number of aromatic amines is 1. The summed E-state index contributed by atoms with van der Waals surface area (Å²) in [7, 11) is 1.52. The van der Waals surface area contributed by atoms with Crippen LogP contribution in [-0.2, 0) is 6.42 Å². The zero-order valence-electron chi connectivity index (χ0n) is 24.8. The number of para-hydroxylation sites is 1. The predicted molar refractivity (Wildman–Crippen MR) is 158 cm³/mol. The van der Waals surface area contributed by atoms with Gasteiger partial charge in [-0.3, -0.25) is 9.59 Å². The average molecular weight is 583 g/mol. The van der Waals surface area contributed by atoms with Crippen molar-refractivity contribution < 1.29 is 23.1 Å². The number of ether oxygens (including phenoxy) is 1. The van der Waals surface area contributed by atoms with Crippen LogP contribution in [0.3, 0.4) is 0 Å². The molecule has 2 aromatic heterocycles. The number of aromatic nitrogens is 2. The number of benzene rings is 1. The standard InChI is InChI=1S/C32H40F2N4O4/c1-20-19-28(42-4)25(30(40)35-20)9-10-27(39)29-22(3)38(26-8-6-5-7-24(26)29)21(2)23-11-15-36(16-12-23)31(41)37-17-13-32(33,34)14-18-37/h5-8,19,21,23H,9-18H2,1-4H3,(H,35,40)/t21-/m1/s1. The van der Waals surface area contributed by atoms with E-state index < -0.39 is 5.92 Å². The van der Waals surface area contributed by atoms with E-state index in [1.54, 1.807) is 22.8 Å². The number of rotatable bonds is 7. The molecule has 2 amide bonds. The van der Waals surface area contributed by atoms with Crippen LogP contribution in [0.1, 0.15) is 72.4 Å². The largest absolute Gasteiger partial charge is 0.496 e. The Bertz CT molecular complexity index is 1530. The van der Waals surface area contributed by atoms with Crippen LogP contribution < -0.4 is 10.3 Å². The number of H-pyrrole nitrogens is 1. The average Bonchev–Trinajstić information content (AvgIpc) is 3.27. The number of fused-ring (bicyclic) bond motifs is 1. The van der Waals surface area contributed by atoms with Crippen molar-refractivity contribution in [2.75, 3.05) is 33.3 Å². The predicted octanol–water partition coefficient (Wildman–Crippen LogP) is 5.89. The number of aryl methyl sites for hydroxylation is 1. The lowest BCUT2D eigenvalue weighted by molar-refractivity contribution is -0.0496. The van der Waals surface area contributed by atoms with E-state index >= 15 is 0 Å². The van der Waals surface area contributed by atoms with E-state index in [0.717, 1.165) is 29.4 Å². The molecular formula is C32H40F2N4O4. The molecule has 2 fully saturated rings. The van der Waals surface area contributed by atoms with Crippen molar-refractivity contribution in [3.05, 3.63) is 63.2 Å². The van der Waals surface area contributed by atoms with Gasteiger partial charge in [0.25, 0.3) is 11.5 Å². The minimum Gasteiger partial charge on any atom is -0.496 e. The molecule has 3 aromatic rings. The summed E-state index contributed by atoms with van der Waals surface area (Å²) in [6.45, 7) is 7.29. The number of hydrogen-bond acceptors (Lipinski definition) is 4. The molecule has 0 radical (unpaired) electrons. The van der Waals surface area contributed by atoms with Gasteiger partial charge in [-0.25, -0.2) is 13.6 Å². The van der Waals surface area contributed by atoms with Crippen LogP contribution in [0.2, 0.25) is 0 Å². The topological polar surface area (TPSA) is 87.6 Å². The molecule has 2 aliphatic rings. The second kappa shape index (κ2) is 11.9. The van der Waals surface area contributed by atoms with Gasteiger partial charge in [0.2, 0.25) is 0 Å². The zero-order valence-corrected chi connectivity index (χ0v) is 24.8. The van der Waals surface area contributed by atoms with Crippen LogP contribution in [-0.4, -0.2) is 70.4 Å². The fourth-order valence-corrected chi connectivity index (χ4v) is 6.75. The monoisotopic (exact) mass is 582 g/mol. The first-order chi connectivity index (χ1) is 20.0. The molecule has 0 bridgehead atoms. The molecule has 10 heteroatoms. The Balaban J connectivity index is 1.31. The molecular weight excluding hydrogens is 542 g/mol. The summed E-state index contributed by atoms with van der Waals surface area (Å²) in [5.74, 6) is -1.93. The lowest BCUT2D eigenvalue weighted by Gasteiger charge is -2.40. The molecule has 1 atom stereocenters. The number of pyridine rings is 1. The number of hydrogen-bond donors (Lipinski definition) is 1. The molecule has 2 saturated heterocycles. The summed E-state index contributed by atoms with van der Waals surface area (Å²) in [4.78, 5) is 45.4. The number of amides is 2. The van der Waals surface area contributed by atoms with Crippen molar-refractivity contribution >= 4 is 22.7 Å². The summed E-state index contributed by atoms with van der Waals surface area (Å²) in [5, 5.41) is 0.895. The van der Waals surface area contributed by atoms with Crippen LogP contribution in [0.25, 0.3) is 10.9 Å². The maximum absolute atomic E-state index is 13.7. The Morgan fingerprint density at radius 3 is 2.38 bits per heavy atom. The van der Waals surface area contributed by atoms with Gasteiger partial charge < -0.3 is 24.1 Å². The van der Waals surface area contributed by atoms with E-state index in [9.17, 15) is 23.2 Å². The fraction of sp³-hybridized carbons (Fsp3) is 0.531. The van der Waals surface area contributed by atoms with Gasteiger partial charge in [0, 0.05) is 79.3 Å². The van der Waals surface area contributed by atoms with E-state index in [2.05, 4.69) is 16.5 Å². The summed E-state index contributed by atoms with van der Waals surface area (Å²) >= 11 is 0. The Hall–Kier alpha value is -3.69. The number of piperidine rings is 2. The molecule has 4 heterocycles. The number of alkyl halides is 2. The Morgan fingerprint density at radius 2 is 1.71 bits per heavy atom. The van der Waals surface area contributed by atoms with E-state index in [-0.39, 0.29) is 68.1 Å². The number of carbonyl (C=O) groups is 2. The van der Waals surface area contributed by atoms with Crippen molar-refractivity contribution in [3.63, 3.8) is 0 Å². The van der Waals surface area contributed by atoms with Gasteiger partial charge in [-0.05, 0) is 58.1 Å². The van der Waals surface area contributed by atoms with Gasteiger partial charge in [0.1, 0.15) is 5.75 Å². The van der Waals surface area contributed by atoms with Crippen LogP contribution in [0.15, 0.2) is 35.1 Å². The Labute approximate surface area is 244 Å². The van der Waals surface area contributed by atoms with Gasteiger partial charge in [-0.2, -0.15) is 0 Å². The quantitative estimate of drug-likeness (QED) is 0.352. The second-order valence-corrected chi connectivity index (χ2v) is 11.8. The molecule has 0 unspecified atom stereocenters. The number of Topliss-reactive ketones (excluding diaryl/α,β-unsaturated/α-hetero) is 1. The number of likely N-dealkylation sites (tertiary alicyclic amines) is 2. The number of nitrogens with one attached hydrogen (secondary N) is 1. The van der Waals surface area contributed by atoms with Crippen LogP contribution in [0.5, 0.6) is 5.75 Å². The van der Waals surface area contributed by atoms with Crippen LogP contribution >= 0.6 is 0 Å². The van der Waals surface area contributed by atoms with E-state index in [1.165, 1.54) is 7.11 Å². The highest BCUT2D eigenvalue weighted by atomic mass is 19.3. The van der Waals surface area contributed by atoms with Crippen LogP contribution in [0, 0.1) is 19.8 Å². The van der Waals surface area contributed by atoms with E-state index in [0.29, 0.717) is 35.7 Å². The van der Waals surface area contributed by atoms with Gasteiger partial charge in [-0.1, -0.05) is 18.2 Å². The molecule has 2 aliphatic heterocycles. The molecule has 5 rings (SSSR count). The minimum absolute atomic E-state index is 0.0239. The highest BCUT2D eigenvalue weighted by molar-refractivity contribution is 6.09. The lowest BCUT2D eigenvalue weighted by Crippen LogP contribution is -2.51. The first-order valence-electron chi connectivity index (χ1n) is 14.8. The molecule has 0 aliphatic carbocycles.